The van der Waals surface area contributed by atoms with Crippen molar-refractivity contribution >= 4 is 0 Å². The van der Waals surface area contributed by atoms with Crippen LogP contribution in [0.4, 0.5) is 0 Å². The van der Waals surface area contributed by atoms with Crippen molar-refractivity contribution in [2.75, 3.05) is 13.2 Å². The average molecular weight is 268 g/mol. The topological polar surface area (TPSA) is 69.9 Å². The minimum absolute atomic E-state index is 0.0307. The van der Waals surface area contributed by atoms with Crippen molar-refractivity contribution in [1.29, 1.82) is 0 Å². The Hall–Kier alpha value is -0.420. The molecule has 0 unspecified atom stereocenters. The second-order valence-electron chi connectivity index (χ2n) is 7.28. The van der Waals surface area contributed by atoms with Gasteiger partial charge in [0.1, 0.15) is 5.60 Å². The molecule has 4 atom stereocenters. The number of ether oxygens (including phenoxy) is 1. The van der Waals surface area contributed by atoms with E-state index in [4.69, 9.17) is 4.74 Å². The van der Waals surface area contributed by atoms with Crippen molar-refractivity contribution in [3.05, 3.63) is 11.1 Å². The van der Waals surface area contributed by atoms with E-state index >= 15 is 0 Å². The smallest absolute Gasteiger partial charge is 0.188 e. The Morgan fingerprint density at radius 2 is 2.05 bits per heavy atom. The fourth-order valence-electron chi connectivity index (χ4n) is 4.69. The normalized spacial score (nSPS) is 48.3. The van der Waals surface area contributed by atoms with Crippen LogP contribution in [-0.2, 0) is 4.74 Å². The van der Waals surface area contributed by atoms with Crippen LogP contribution >= 0.6 is 0 Å². The van der Waals surface area contributed by atoms with Gasteiger partial charge in [0.15, 0.2) is 6.29 Å². The molecule has 0 aromatic rings. The van der Waals surface area contributed by atoms with Crippen molar-refractivity contribution in [2.45, 2.75) is 51.9 Å². The summed E-state index contributed by atoms with van der Waals surface area (Å²) in [5, 5.41) is 31.2. The van der Waals surface area contributed by atoms with E-state index in [1.807, 2.05) is 6.92 Å². The van der Waals surface area contributed by atoms with Gasteiger partial charge in [0.25, 0.3) is 0 Å². The van der Waals surface area contributed by atoms with Gasteiger partial charge in [-0.1, -0.05) is 26.3 Å². The van der Waals surface area contributed by atoms with Crippen molar-refractivity contribution in [1.82, 2.24) is 0 Å². The quantitative estimate of drug-likeness (QED) is 0.625. The van der Waals surface area contributed by atoms with Gasteiger partial charge < -0.3 is 20.1 Å². The predicted molar refractivity (Wildman–Crippen MR) is 70.2 cm³/mol. The van der Waals surface area contributed by atoms with Gasteiger partial charge >= 0.3 is 0 Å². The third-order valence-electron chi connectivity index (χ3n) is 5.61. The molecule has 0 aromatic heterocycles. The van der Waals surface area contributed by atoms with E-state index in [9.17, 15) is 15.3 Å². The third kappa shape index (κ3) is 1.49. The summed E-state index contributed by atoms with van der Waals surface area (Å²) >= 11 is 0. The molecule has 108 valence electrons. The number of hydrogen-bond donors (Lipinski definition) is 3. The van der Waals surface area contributed by atoms with Gasteiger partial charge in [-0.25, -0.2) is 0 Å². The monoisotopic (exact) mass is 268 g/mol. The Bertz CT molecular complexity index is 441. The lowest BCUT2D eigenvalue weighted by molar-refractivity contribution is -0.259. The van der Waals surface area contributed by atoms with Crippen LogP contribution < -0.4 is 0 Å². The first kappa shape index (κ1) is 13.6. The highest BCUT2D eigenvalue weighted by atomic mass is 16.6. The summed E-state index contributed by atoms with van der Waals surface area (Å²) in [5.41, 5.74) is 0.221. The van der Waals surface area contributed by atoms with Crippen LogP contribution in [0, 0.1) is 16.7 Å². The van der Waals surface area contributed by atoms with E-state index in [1.165, 1.54) is 5.57 Å². The lowest BCUT2D eigenvalue weighted by Crippen LogP contribution is -2.61. The standard InChI is InChI=1S/C15H24O4/c1-9-4-5-10-11-14(7-16,6-13(10,2)3)8-19-12(17)15(9,11)18/h9,12,16-18H,4-8H2,1-3H3/t9-,12-,14-,15-/m1/s1. The zero-order valence-corrected chi connectivity index (χ0v) is 11.9. The highest BCUT2D eigenvalue weighted by Crippen LogP contribution is 2.63. The molecule has 1 heterocycles. The third-order valence-corrected chi connectivity index (χ3v) is 5.61. The highest BCUT2D eigenvalue weighted by molar-refractivity contribution is 5.44. The second-order valence-corrected chi connectivity index (χ2v) is 7.28. The summed E-state index contributed by atoms with van der Waals surface area (Å²) in [7, 11) is 0. The molecule has 0 spiro atoms. The maximum atomic E-state index is 11.1. The number of rotatable bonds is 1. The van der Waals surface area contributed by atoms with Crippen LogP contribution in [0.15, 0.2) is 11.1 Å². The van der Waals surface area contributed by atoms with Gasteiger partial charge in [-0.2, -0.15) is 0 Å². The molecule has 3 rings (SSSR count). The first-order chi connectivity index (χ1) is 8.78. The molecule has 4 nitrogen and oxygen atoms in total. The van der Waals surface area contributed by atoms with E-state index in [1.54, 1.807) is 0 Å². The predicted octanol–water partition coefficient (Wildman–Crippen LogP) is 1.20. The van der Waals surface area contributed by atoms with E-state index < -0.39 is 17.3 Å². The van der Waals surface area contributed by atoms with Crippen LogP contribution in [0.1, 0.15) is 40.0 Å². The molecule has 19 heavy (non-hydrogen) atoms. The van der Waals surface area contributed by atoms with Gasteiger partial charge in [-0.3, -0.25) is 0 Å². The summed E-state index contributed by atoms with van der Waals surface area (Å²) in [4.78, 5) is 0. The summed E-state index contributed by atoms with van der Waals surface area (Å²) in [6, 6.07) is 0. The fourth-order valence-corrected chi connectivity index (χ4v) is 4.69. The van der Waals surface area contributed by atoms with E-state index in [0.29, 0.717) is 6.61 Å². The van der Waals surface area contributed by atoms with Gasteiger partial charge in [0, 0.05) is 5.41 Å². The zero-order valence-electron chi connectivity index (χ0n) is 11.9. The maximum Gasteiger partial charge on any atom is 0.188 e. The number of aliphatic hydroxyl groups is 3. The molecule has 0 aromatic carbocycles. The van der Waals surface area contributed by atoms with Crippen LogP contribution in [0.3, 0.4) is 0 Å². The number of aliphatic hydroxyl groups excluding tert-OH is 2. The van der Waals surface area contributed by atoms with Gasteiger partial charge in [-0.05, 0) is 36.2 Å². The first-order valence-corrected chi connectivity index (χ1v) is 7.15. The fraction of sp³-hybridized carbons (Fsp3) is 0.867. The van der Waals surface area contributed by atoms with E-state index in [0.717, 1.165) is 24.8 Å². The Kier molecular flexibility index (Phi) is 2.72. The zero-order chi connectivity index (χ0) is 14.1. The van der Waals surface area contributed by atoms with Crippen molar-refractivity contribution in [3.8, 4) is 0 Å². The van der Waals surface area contributed by atoms with Crippen LogP contribution in [0.25, 0.3) is 0 Å². The molecule has 0 radical (unpaired) electrons. The highest BCUT2D eigenvalue weighted by Gasteiger charge is 2.64. The molecular formula is C15H24O4. The van der Waals surface area contributed by atoms with Crippen LogP contribution in [-0.4, -0.2) is 40.4 Å². The Morgan fingerprint density at radius 3 is 2.68 bits per heavy atom. The van der Waals surface area contributed by atoms with Gasteiger partial charge in [0.05, 0.1) is 13.2 Å². The number of allylic oxidation sites excluding steroid dienone is 1. The van der Waals surface area contributed by atoms with Crippen LogP contribution in [0.2, 0.25) is 0 Å². The average Bonchev–Trinajstić information content (AvgIpc) is 2.59. The van der Waals surface area contributed by atoms with Crippen molar-refractivity contribution < 1.29 is 20.1 Å². The van der Waals surface area contributed by atoms with Crippen molar-refractivity contribution in [3.63, 3.8) is 0 Å². The lowest BCUT2D eigenvalue weighted by atomic mass is 9.63. The largest absolute Gasteiger partial charge is 0.395 e. The number of hydrogen-bond acceptors (Lipinski definition) is 4. The minimum Gasteiger partial charge on any atom is -0.395 e. The molecule has 0 amide bonds. The Labute approximate surface area is 114 Å². The summed E-state index contributed by atoms with van der Waals surface area (Å²) in [6.07, 6.45) is 1.39. The molecular weight excluding hydrogens is 244 g/mol. The molecule has 2 aliphatic carbocycles. The van der Waals surface area contributed by atoms with Gasteiger partial charge in [0.2, 0.25) is 0 Å². The van der Waals surface area contributed by atoms with Crippen molar-refractivity contribution in [2.24, 2.45) is 16.7 Å². The lowest BCUT2D eigenvalue weighted by Gasteiger charge is -2.52. The second kappa shape index (κ2) is 3.82. The van der Waals surface area contributed by atoms with Crippen LogP contribution in [0.5, 0.6) is 0 Å². The Balaban J connectivity index is 2.24. The maximum absolute atomic E-state index is 11.1. The van der Waals surface area contributed by atoms with E-state index in [2.05, 4.69) is 13.8 Å². The molecule has 1 saturated heterocycles. The summed E-state index contributed by atoms with van der Waals surface area (Å²) in [6.45, 7) is 6.54. The molecule has 1 fully saturated rings. The van der Waals surface area contributed by atoms with Gasteiger partial charge in [-0.15, -0.1) is 0 Å². The molecule has 3 N–H and O–H groups in total. The minimum atomic E-state index is -1.33. The van der Waals surface area contributed by atoms with E-state index in [-0.39, 0.29) is 17.9 Å². The summed E-state index contributed by atoms with van der Waals surface area (Å²) in [5.74, 6) is -0.0543. The molecule has 3 aliphatic rings. The summed E-state index contributed by atoms with van der Waals surface area (Å²) < 4.78 is 5.45. The first-order valence-electron chi connectivity index (χ1n) is 7.15. The molecule has 4 heteroatoms. The Morgan fingerprint density at radius 1 is 1.37 bits per heavy atom. The molecule has 0 saturated carbocycles. The molecule has 1 aliphatic heterocycles. The SMILES string of the molecule is C[C@@H]1CCC2=C3[C@](CO)(CO[C@@H](O)[C@]31O)CC2(C)C. The molecule has 0 bridgehead atoms.